The molecule has 3 aromatic rings. The molecule has 4 rings (SSSR count). The molecule has 0 unspecified atom stereocenters. The van der Waals surface area contributed by atoms with Crippen LogP contribution in [0.2, 0.25) is 0 Å². The first-order chi connectivity index (χ1) is 11.5. The van der Waals surface area contributed by atoms with Crippen molar-refractivity contribution in [2.24, 2.45) is 5.73 Å². The average molecular weight is 325 g/mol. The van der Waals surface area contributed by atoms with E-state index in [0.717, 1.165) is 16.5 Å². The average Bonchev–Trinajstić information content (AvgIpc) is 2.95. The van der Waals surface area contributed by atoms with Crippen LogP contribution in [0, 0.1) is 0 Å². The number of hydrogen-bond donors (Lipinski definition) is 4. The van der Waals surface area contributed by atoms with E-state index in [1.165, 1.54) is 0 Å². The molecule has 1 aliphatic heterocycles. The summed E-state index contributed by atoms with van der Waals surface area (Å²) in [6.45, 7) is 0.488. The van der Waals surface area contributed by atoms with Gasteiger partial charge in [-0.1, -0.05) is 6.07 Å². The van der Waals surface area contributed by atoms with Gasteiger partial charge in [0, 0.05) is 17.1 Å². The third-order valence-corrected chi connectivity index (χ3v) is 4.00. The summed E-state index contributed by atoms with van der Waals surface area (Å²) in [7, 11) is 0. The van der Waals surface area contributed by atoms with Crippen LogP contribution in [0.25, 0.3) is 22.2 Å². The molecule has 4 heterocycles. The van der Waals surface area contributed by atoms with Gasteiger partial charge in [0.25, 0.3) is 0 Å². The molecule has 0 aliphatic carbocycles. The van der Waals surface area contributed by atoms with Gasteiger partial charge in [0.2, 0.25) is 0 Å². The van der Waals surface area contributed by atoms with E-state index in [1.54, 1.807) is 18.3 Å². The molecule has 0 spiro atoms. The first kappa shape index (κ1) is 14.6. The first-order valence-electron chi connectivity index (χ1n) is 7.37. The number of nitrogens with two attached hydrogens (primary N) is 1. The predicted molar refractivity (Wildman–Crippen MR) is 87.2 cm³/mol. The van der Waals surface area contributed by atoms with Crippen LogP contribution in [-0.4, -0.2) is 39.3 Å². The number of hydrogen-bond acceptors (Lipinski definition) is 5. The van der Waals surface area contributed by atoms with E-state index in [9.17, 15) is 9.90 Å². The molecule has 0 saturated carbocycles. The van der Waals surface area contributed by atoms with Crippen molar-refractivity contribution in [3.8, 4) is 11.3 Å². The molecule has 0 atom stereocenters. The molecule has 24 heavy (non-hydrogen) atoms. The lowest BCUT2D eigenvalue weighted by Gasteiger charge is -2.35. The zero-order chi connectivity index (χ0) is 16.7. The fourth-order valence-electron chi connectivity index (χ4n) is 2.71. The van der Waals surface area contributed by atoms with Gasteiger partial charge in [0.15, 0.2) is 5.60 Å². The number of carbonyl (C=O) groups excluding carboxylic acids is 1. The number of nitrogens with zero attached hydrogens (tertiary/aromatic N) is 2. The van der Waals surface area contributed by atoms with E-state index in [1.807, 2.05) is 18.3 Å². The van der Waals surface area contributed by atoms with Gasteiger partial charge in [-0.05, 0) is 18.2 Å². The van der Waals surface area contributed by atoms with E-state index in [0.29, 0.717) is 17.2 Å². The number of carbonyl (C=O) groups is 1. The van der Waals surface area contributed by atoms with Crippen molar-refractivity contribution in [2.45, 2.75) is 5.60 Å². The van der Waals surface area contributed by atoms with Gasteiger partial charge in [-0.2, -0.15) is 0 Å². The number of nitrogens with one attached hydrogen (secondary N) is 2. The van der Waals surface area contributed by atoms with Crippen LogP contribution in [0.1, 0.15) is 5.69 Å². The Morgan fingerprint density at radius 3 is 2.96 bits per heavy atom. The Morgan fingerprint density at radius 2 is 2.25 bits per heavy atom. The van der Waals surface area contributed by atoms with Gasteiger partial charge in [-0.3, -0.25) is 5.32 Å². The minimum atomic E-state index is -1.03. The SMILES string of the molecule is NC(=O)Nc1cc2c(-c3cccc(C4(O)COC4)n3)c[nH]c2cn1. The normalized spacial score (nSPS) is 15.9. The number of amides is 2. The molecule has 0 aromatic carbocycles. The molecule has 1 saturated heterocycles. The Bertz CT molecular complexity index is 932. The minimum Gasteiger partial charge on any atom is -0.379 e. The maximum Gasteiger partial charge on any atom is 0.317 e. The van der Waals surface area contributed by atoms with Crippen LogP contribution in [0.5, 0.6) is 0 Å². The van der Waals surface area contributed by atoms with Crippen LogP contribution >= 0.6 is 0 Å². The summed E-state index contributed by atoms with van der Waals surface area (Å²) in [6.07, 6.45) is 3.43. The van der Waals surface area contributed by atoms with E-state index >= 15 is 0 Å². The Morgan fingerprint density at radius 1 is 1.42 bits per heavy atom. The fourth-order valence-corrected chi connectivity index (χ4v) is 2.71. The third-order valence-electron chi connectivity index (χ3n) is 4.00. The summed E-state index contributed by atoms with van der Waals surface area (Å²) in [4.78, 5) is 22.8. The van der Waals surface area contributed by atoms with Crippen molar-refractivity contribution in [1.82, 2.24) is 15.0 Å². The number of aromatic nitrogens is 3. The summed E-state index contributed by atoms with van der Waals surface area (Å²) in [5, 5.41) is 13.7. The highest BCUT2D eigenvalue weighted by Crippen LogP contribution is 2.32. The fraction of sp³-hybridized carbons (Fsp3) is 0.188. The maximum absolute atomic E-state index is 11.0. The van der Waals surface area contributed by atoms with Gasteiger partial charge in [-0.25, -0.2) is 14.8 Å². The van der Waals surface area contributed by atoms with Crippen LogP contribution < -0.4 is 11.1 Å². The molecule has 122 valence electrons. The number of aromatic amines is 1. The van der Waals surface area contributed by atoms with E-state index in [-0.39, 0.29) is 13.2 Å². The van der Waals surface area contributed by atoms with Crippen LogP contribution in [0.4, 0.5) is 10.6 Å². The number of H-pyrrole nitrogens is 1. The number of pyridine rings is 2. The quantitative estimate of drug-likeness (QED) is 0.578. The molecule has 0 radical (unpaired) electrons. The standard InChI is InChI=1S/C16H15N5O3/c17-15(22)21-14-4-9-10(5-18-12(9)6-19-14)11-2-1-3-13(20-11)16(23)7-24-8-16/h1-6,18,23H,7-8H2,(H3,17,19,21,22). The van der Waals surface area contributed by atoms with Crippen molar-refractivity contribution < 1.29 is 14.6 Å². The Kier molecular flexibility index (Phi) is 3.22. The Balaban J connectivity index is 1.78. The van der Waals surface area contributed by atoms with Crippen molar-refractivity contribution in [1.29, 1.82) is 0 Å². The van der Waals surface area contributed by atoms with Crippen molar-refractivity contribution in [2.75, 3.05) is 18.5 Å². The highest BCUT2D eigenvalue weighted by atomic mass is 16.5. The number of primary amides is 1. The molecule has 2 amide bonds. The van der Waals surface area contributed by atoms with Crippen LogP contribution in [0.3, 0.4) is 0 Å². The van der Waals surface area contributed by atoms with Gasteiger partial charge < -0.3 is 20.6 Å². The Hall–Kier alpha value is -2.97. The monoisotopic (exact) mass is 325 g/mol. The van der Waals surface area contributed by atoms with E-state index in [2.05, 4.69) is 20.3 Å². The highest BCUT2D eigenvalue weighted by Gasteiger charge is 2.39. The maximum atomic E-state index is 11.0. The second kappa shape index (κ2) is 5.29. The smallest absolute Gasteiger partial charge is 0.317 e. The lowest BCUT2D eigenvalue weighted by atomic mass is 9.96. The third kappa shape index (κ3) is 2.38. The first-order valence-corrected chi connectivity index (χ1v) is 7.37. The molecule has 1 fully saturated rings. The lowest BCUT2D eigenvalue weighted by Crippen LogP contribution is -2.47. The van der Waals surface area contributed by atoms with Gasteiger partial charge in [-0.15, -0.1) is 0 Å². The summed E-state index contributed by atoms with van der Waals surface area (Å²) >= 11 is 0. The van der Waals surface area contributed by atoms with Crippen LogP contribution in [0.15, 0.2) is 36.7 Å². The molecule has 3 aromatic heterocycles. The van der Waals surface area contributed by atoms with E-state index < -0.39 is 11.6 Å². The number of fused-ring (bicyclic) bond motifs is 1. The summed E-state index contributed by atoms with van der Waals surface area (Å²) in [5.41, 5.74) is 7.03. The van der Waals surface area contributed by atoms with Crippen LogP contribution in [-0.2, 0) is 10.3 Å². The van der Waals surface area contributed by atoms with Gasteiger partial charge in [0.05, 0.1) is 36.3 Å². The predicted octanol–water partition coefficient (Wildman–Crippen LogP) is 1.33. The molecular formula is C16H15N5O3. The van der Waals surface area contributed by atoms with Crippen molar-refractivity contribution >= 4 is 22.8 Å². The Labute approximate surface area is 136 Å². The molecule has 1 aliphatic rings. The number of aliphatic hydroxyl groups is 1. The van der Waals surface area contributed by atoms with Crippen molar-refractivity contribution in [3.05, 3.63) is 42.4 Å². The lowest BCUT2D eigenvalue weighted by molar-refractivity contribution is -0.186. The molecule has 0 bridgehead atoms. The zero-order valence-corrected chi connectivity index (χ0v) is 12.6. The van der Waals surface area contributed by atoms with Crippen molar-refractivity contribution in [3.63, 3.8) is 0 Å². The molecule has 5 N–H and O–H groups in total. The summed E-state index contributed by atoms with van der Waals surface area (Å²) in [6, 6.07) is 6.53. The summed E-state index contributed by atoms with van der Waals surface area (Å²) < 4.78 is 5.09. The summed E-state index contributed by atoms with van der Waals surface area (Å²) in [5.74, 6) is 0.359. The second-order valence-electron chi connectivity index (χ2n) is 5.74. The largest absolute Gasteiger partial charge is 0.379 e. The second-order valence-corrected chi connectivity index (χ2v) is 5.74. The highest BCUT2D eigenvalue weighted by molar-refractivity contribution is 5.97. The van der Waals surface area contributed by atoms with Gasteiger partial charge >= 0.3 is 6.03 Å². The molecular weight excluding hydrogens is 310 g/mol. The number of anilines is 1. The number of ether oxygens (including phenoxy) is 1. The molecule has 8 heteroatoms. The van der Waals surface area contributed by atoms with Gasteiger partial charge in [0.1, 0.15) is 5.82 Å². The molecule has 8 nitrogen and oxygen atoms in total. The minimum absolute atomic E-state index is 0.244. The topological polar surface area (TPSA) is 126 Å². The zero-order valence-electron chi connectivity index (χ0n) is 12.6. The van der Waals surface area contributed by atoms with E-state index in [4.69, 9.17) is 10.5 Å². The number of urea groups is 1. The number of rotatable bonds is 3.